The smallest absolute Gasteiger partial charge is 0.338 e. The van der Waals surface area contributed by atoms with Gasteiger partial charge in [0.15, 0.2) is 5.76 Å². The normalized spacial score (nSPS) is 10.2. The second-order valence-electron chi connectivity index (χ2n) is 3.94. The highest BCUT2D eigenvalue weighted by Crippen LogP contribution is 2.24. The average Bonchev–Trinajstić information content (AvgIpc) is 2.83. The van der Waals surface area contributed by atoms with Crippen LogP contribution in [0.3, 0.4) is 0 Å². The Labute approximate surface area is 117 Å². The number of carbonyl (C=O) groups excluding carboxylic acids is 1. The van der Waals surface area contributed by atoms with Gasteiger partial charge in [-0.2, -0.15) is 0 Å². The van der Waals surface area contributed by atoms with Crippen molar-refractivity contribution in [2.24, 2.45) is 0 Å². The Hall–Kier alpha value is -2.08. The van der Waals surface area contributed by atoms with E-state index in [1.807, 2.05) is 19.1 Å². The molecule has 0 aliphatic rings. The molecule has 0 atom stereocenters. The Morgan fingerprint density at radius 2 is 2.05 bits per heavy atom. The van der Waals surface area contributed by atoms with Crippen molar-refractivity contribution in [3.05, 3.63) is 51.9 Å². The summed E-state index contributed by atoms with van der Waals surface area (Å²) < 4.78 is 5.65. The molecule has 1 aromatic heterocycles. The Morgan fingerprint density at radius 1 is 1.32 bits per heavy atom. The molecule has 2 aromatic rings. The second kappa shape index (κ2) is 5.27. The van der Waals surface area contributed by atoms with E-state index in [0.717, 1.165) is 16.3 Å². The van der Waals surface area contributed by atoms with Gasteiger partial charge in [-0.25, -0.2) is 4.79 Å². The van der Waals surface area contributed by atoms with Gasteiger partial charge in [0.2, 0.25) is 0 Å². The van der Waals surface area contributed by atoms with E-state index < -0.39 is 11.9 Å². The zero-order valence-electron chi connectivity index (χ0n) is 9.94. The van der Waals surface area contributed by atoms with Crippen molar-refractivity contribution in [3.63, 3.8) is 0 Å². The fourth-order valence-corrected chi connectivity index (χ4v) is 1.83. The molecule has 5 nitrogen and oxygen atoms in total. The van der Waals surface area contributed by atoms with Crippen LogP contribution < -0.4 is 5.32 Å². The predicted octanol–water partition coefficient (Wildman–Crippen LogP) is 3.30. The number of carbonyl (C=O) groups is 2. The van der Waals surface area contributed by atoms with Crippen molar-refractivity contribution in [2.45, 2.75) is 6.92 Å². The van der Waals surface area contributed by atoms with Crippen LogP contribution in [0.4, 0.5) is 5.69 Å². The van der Waals surface area contributed by atoms with E-state index in [2.05, 4.69) is 21.2 Å². The first-order valence-electron chi connectivity index (χ1n) is 5.36. The molecule has 98 valence electrons. The van der Waals surface area contributed by atoms with E-state index in [4.69, 9.17) is 9.52 Å². The van der Waals surface area contributed by atoms with Crippen LogP contribution in [-0.2, 0) is 0 Å². The standard InChI is InChI=1S/C13H10BrNO4/c1-7-2-3-9(14)10(4-7)15-12(16)11-5-8(6-19-11)13(17)18/h2-6H,1H3,(H,15,16)(H,17,18). The van der Waals surface area contributed by atoms with E-state index in [1.54, 1.807) is 6.07 Å². The summed E-state index contributed by atoms with van der Waals surface area (Å²) in [6, 6.07) is 6.69. The van der Waals surface area contributed by atoms with Crippen LogP contribution in [0.1, 0.15) is 26.5 Å². The third-order valence-electron chi connectivity index (χ3n) is 2.44. The number of rotatable bonds is 3. The number of amides is 1. The fourth-order valence-electron chi connectivity index (χ4n) is 1.49. The number of hydrogen-bond acceptors (Lipinski definition) is 3. The lowest BCUT2D eigenvalue weighted by Gasteiger charge is -2.06. The van der Waals surface area contributed by atoms with Gasteiger partial charge in [-0.1, -0.05) is 6.07 Å². The van der Waals surface area contributed by atoms with Crippen molar-refractivity contribution in [1.82, 2.24) is 0 Å². The largest absolute Gasteiger partial charge is 0.478 e. The molecule has 1 heterocycles. The topological polar surface area (TPSA) is 79.5 Å². The number of carboxylic acids is 1. The molecule has 0 saturated heterocycles. The summed E-state index contributed by atoms with van der Waals surface area (Å²) >= 11 is 3.32. The van der Waals surface area contributed by atoms with Crippen LogP contribution >= 0.6 is 15.9 Å². The van der Waals surface area contributed by atoms with Gasteiger partial charge in [0.25, 0.3) is 5.91 Å². The van der Waals surface area contributed by atoms with Gasteiger partial charge >= 0.3 is 5.97 Å². The molecule has 6 heteroatoms. The Bertz CT molecular complexity index is 648. The number of nitrogens with one attached hydrogen (secondary N) is 1. The summed E-state index contributed by atoms with van der Waals surface area (Å²) in [6.07, 6.45) is 1.03. The van der Waals surface area contributed by atoms with Gasteiger partial charge in [-0.05, 0) is 40.5 Å². The van der Waals surface area contributed by atoms with Crippen molar-refractivity contribution >= 4 is 33.5 Å². The number of carboxylic acid groups (broad SMARTS) is 1. The average molecular weight is 324 g/mol. The van der Waals surface area contributed by atoms with Gasteiger partial charge < -0.3 is 14.8 Å². The summed E-state index contributed by atoms with van der Waals surface area (Å²) in [6.45, 7) is 1.90. The number of anilines is 1. The molecular formula is C13H10BrNO4. The number of hydrogen-bond donors (Lipinski definition) is 2. The molecule has 0 aliphatic carbocycles. The van der Waals surface area contributed by atoms with Crippen LogP contribution in [0.15, 0.2) is 39.4 Å². The summed E-state index contributed by atoms with van der Waals surface area (Å²) in [4.78, 5) is 22.6. The van der Waals surface area contributed by atoms with Crippen LogP contribution in [0.25, 0.3) is 0 Å². The highest BCUT2D eigenvalue weighted by Gasteiger charge is 2.15. The fraction of sp³-hybridized carbons (Fsp3) is 0.0769. The highest BCUT2D eigenvalue weighted by atomic mass is 79.9. The minimum absolute atomic E-state index is 0.0502. The molecule has 2 rings (SSSR count). The molecule has 1 aromatic carbocycles. The summed E-state index contributed by atoms with van der Waals surface area (Å²) in [5.74, 6) is -1.69. The van der Waals surface area contributed by atoms with Crippen LogP contribution in [-0.4, -0.2) is 17.0 Å². The third kappa shape index (κ3) is 3.03. The number of furan rings is 1. The molecule has 2 N–H and O–H groups in total. The number of benzene rings is 1. The minimum Gasteiger partial charge on any atom is -0.478 e. The van der Waals surface area contributed by atoms with Gasteiger partial charge in [0.05, 0.1) is 11.3 Å². The van der Waals surface area contributed by atoms with Crippen molar-refractivity contribution in [3.8, 4) is 0 Å². The van der Waals surface area contributed by atoms with Crippen LogP contribution in [0.2, 0.25) is 0 Å². The van der Waals surface area contributed by atoms with Crippen molar-refractivity contribution in [1.29, 1.82) is 0 Å². The number of aromatic carboxylic acids is 1. The molecule has 0 aliphatic heterocycles. The monoisotopic (exact) mass is 323 g/mol. The number of halogens is 1. The molecular weight excluding hydrogens is 314 g/mol. The molecule has 0 bridgehead atoms. The summed E-state index contributed by atoms with van der Waals surface area (Å²) in [5, 5.41) is 11.4. The van der Waals surface area contributed by atoms with Gasteiger partial charge in [0, 0.05) is 10.5 Å². The Balaban J connectivity index is 2.20. The lowest BCUT2D eigenvalue weighted by Crippen LogP contribution is -2.11. The van der Waals surface area contributed by atoms with Crippen molar-refractivity contribution in [2.75, 3.05) is 5.32 Å². The van der Waals surface area contributed by atoms with Crippen LogP contribution in [0, 0.1) is 6.92 Å². The number of aryl methyl sites for hydroxylation is 1. The molecule has 0 saturated carbocycles. The molecule has 0 unspecified atom stereocenters. The van der Waals surface area contributed by atoms with Gasteiger partial charge in [-0.3, -0.25) is 4.79 Å². The lowest BCUT2D eigenvalue weighted by atomic mass is 10.2. The highest BCUT2D eigenvalue weighted by molar-refractivity contribution is 9.10. The maximum absolute atomic E-state index is 11.9. The van der Waals surface area contributed by atoms with Gasteiger partial charge in [0.1, 0.15) is 6.26 Å². The maximum atomic E-state index is 11.9. The first-order valence-corrected chi connectivity index (χ1v) is 6.16. The quantitative estimate of drug-likeness (QED) is 0.908. The first kappa shape index (κ1) is 13.4. The zero-order chi connectivity index (χ0) is 14.0. The molecule has 0 fully saturated rings. The summed E-state index contributed by atoms with van der Waals surface area (Å²) in [5.41, 5.74) is 1.52. The predicted molar refractivity (Wildman–Crippen MR) is 72.5 cm³/mol. The van der Waals surface area contributed by atoms with Crippen molar-refractivity contribution < 1.29 is 19.1 Å². The SMILES string of the molecule is Cc1ccc(Br)c(NC(=O)c2cc(C(=O)O)co2)c1. The van der Waals surface area contributed by atoms with E-state index in [1.165, 1.54) is 6.07 Å². The zero-order valence-corrected chi connectivity index (χ0v) is 11.5. The first-order chi connectivity index (χ1) is 8.97. The van der Waals surface area contributed by atoms with E-state index in [0.29, 0.717) is 5.69 Å². The molecule has 1 amide bonds. The van der Waals surface area contributed by atoms with Gasteiger partial charge in [-0.15, -0.1) is 0 Å². The van der Waals surface area contributed by atoms with Crippen LogP contribution in [0.5, 0.6) is 0 Å². The second-order valence-corrected chi connectivity index (χ2v) is 4.80. The molecule has 0 radical (unpaired) electrons. The lowest BCUT2D eigenvalue weighted by molar-refractivity contribution is 0.0696. The Morgan fingerprint density at radius 3 is 2.68 bits per heavy atom. The summed E-state index contributed by atoms with van der Waals surface area (Å²) in [7, 11) is 0. The van der Waals surface area contributed by atoms with E-state index in [9.17, 15) is 9.59 Å². The van der Waals surface area contributed by atoms with E-state index in [-0.39, 0.29) is 11.3 Å². The maximum Gasteiger partial charge on any atom is 0.338 e. The molecule has 19 heavy (non-hydrogen) atoms. The Kier molecular flexibility index (Phi) is 3.71. The third-order valence-corrected chi connectivity index (χ3v) is 3.13. The molecule has 0 spiro atoms. The van der Waals surface area contributed by atoms with E-state index >= 15 is 0 Å². The minimum atomic E-state index is -1.14.